The Morgan fingerprint density at radius 3 is 2.62 bits per heavy atom. The molecule has 0 radical (unpaired) electrons. The largest absolute Gasteiger partial charge is 0.481 e. The lowest BCUT2D eigenvalue weighted by Gasteiger charge is -2.17. The fraction of sp³-hybridized carbons (Fsp3) is 0.500. The van der Waals surface area contributed by atoms with Crippen LogP contribution in [0.4, 0.5) is 5.69 Å². The molecular formula is C14H22N2O4S. The fourth-order valence-electron chi connectivity index (χ4n) is 1.81. The number of para-hydroxylation sites is 1. The second kappa shape index (κ2) is 7.99. The maximum Gasteiger partial charge on any atom is 0.303 e. The van der Waals surface area contributed by atoms with E-state index in [0.717, 1.165) is 0 Å². The Hall–Kier alpha value is -1.60. The first kappa shape index (κ1) is 17.5. The van der Waals surface area contributed by atoms with Crippen molar-refractivity contribution in [3.05, 3.63) is 24.3 Å². The van der Waals surface area contributed by atoms with Crippen molar-refractivity contribution in [1.29, 1.82) is 0 Å². The standard InChI is InChI=1S/C14H22N2O4S/c1-3-10-15-21(19,20)13-7-5-4-6-12(13)16-11(2)8-9-14(17)18/h4-7,11,15-16H,3,8-10H2,1-2H3,(H,17,18). The van der Waals surface area contributed by atoms with E-state index in [4.69, 9.17) is 5.11 Å². The van der Waals surface area contributed by atoms with Gasteiger partial charge in [0.25, 0.3) is 0 Å². The van der Waals surface area contributed by atoms with Gasteiger partial charge in [0.05, 0.1) is 5.69 Å². The maximum absolute atomic E-state index is 12.2. The minimum atomic E-state index is -3.56. The summed E-state index contributed by atoms with van der Waals surface area (Å²) in [6.07, 6.45) is 1.17. The first-order chi connectivity index (χ1) is 9.86. The van der Waals surface area contributed by atoms with Crippen molar-refractivity contribution in [1.82, 2.24) is 4.72 Å². The van der Waals surface area contributed by atoms with Gasteiger partial charge in [-0.1, -0.05) is 19.1 Å². The van der Waals surface area contributed by atoms with Gasteiger partial charge in [-0.15, -0.1) is 0 Å². The van der Waals surface area contributed by atoms with Crippen molar-refractivity contribution in [3.63, 3.8) is 0 Å². The Bertz CT molecular complexity index is 572. The molecule has 0 aliphatic rings. The fourth-order valence-corrected chi connectivity index (χ4v) is 3.11. The van der Waals surface area contributed by atoms with E-state index in [1.54, 1.807) is 18.2 Å². The third kappa shape index (κ3) is 5.73. The van der Waals surface area contributed by atoms with E-state index in [1.807, 2.05) is 13.8 Å². The van der Waals surface area contributed by atoms with Crippen LogP contribution in [0.2, 0.25) is 0 Å². The Morgan fingerprint density at radius 1 is 1.33 bits per heavy atom. The van der Waals surface area contributed by atoms with Crippen LogP contribution >= 0.6 is 0 Å². The molecule has 0 bridgehead atoms. The van der Waals surface area contributed by atoms with Crippen LogP contribution in [-0.2, 0) is 14.8 Å². The predicted octanol–water partition coefficient (Wildman–Crippen LogP) is 2.04. The second-order valence-corrected chi connectivity index (χ2v) is 6.61. The van der Waals surface area contributed by atoms with Crippen molar-refractivity contribution >= 4 is 21.7 Å². The number of carboxylic acids is 1. The zero-order chi connectivity index (χ0) is 15.9. The molecule has 0 aliphatic heterocycles. The van der Waals surface area contributed by atoms with Gasteiger partial charge in [-0.25, -0.2) is 13.1 Å². The molecule has 1 aromatic carbocycles. The van der Waals surface area contributed by atoms with Gasteiger partial charge in [0.2, 0.25) is 10.0 Å². The van der Waals surface area contributed by atoms with Crippen LogP contribution in [0.5, 0.6) is 0 Å². The van der Waals surface area contributed by atoms with Gasteiger partial charge in [-0.3, -0.25) is 4.79 Å². The van der Waals surface area contributed by atoms with E-state index >= 15 is 0 Å². The average Bonchev–Trinajstić information content (AvgIpc) is 2.43. The highest BCUT2D eigenvalue weighted by Crippen LogP contribution is 2.22. The molecule has 1 rings (SSSR count). The summed E-state index contributed by atoms with van der Waals surface area (Å²) in [5.41, 5.74) is 0.485. The summed E-state index contributed by atoms with van der Waals surface area (Å²) in [4.78, 5) is 10.7. The van der Waals surface area contributed by atoms with Crippen LogP contribution < -0.4 is 10.0 Å². The van der Waals surface area contributed by atoms with Crippen molar-refractivity contribution in [2.24, 2.45) is 0 Å². The number of benzene rings is 1. The number of hydrogen-bond acceptors (Lipinski definition) is 4. The highest BCUT2D eigenvalue weighted by molar-refractivity contribution is 7.89. The molecule has 21 heavy (non-hydrogen) atoms. The third-order valence-corrected chi connectivity index (χ3v) is 4.43. The lowest BCUT2D eigenvalue weighted by Crippen LogP contribution is -2.26. The number of rotatable bonds is 9. The number of carboxylic acid groups (broad SMARTS) is 1. The van der Waals surface area contributed by atoms with Crippen LogP contribution in [0, 0.1) is 0 Å². The normalized spacial score (nSPS) is 12.9. The number of aliphatic carboxylic acids is 1. The number of anilines is 1. The van der Waals surface area contributed by atoms with E-state index in [0.29, 0.717) is 25.1 Å². The van der Waals surface area contributed by atoms with Crippen molar-refractivity contribution < 1.29 is 18.3 Å². The molecule has 0 spiro atoms. The molecule has 7 heteroatoms. The molecule has 3 N–H and O–H groups in total. The minimum absolute atomic E-state index is 0.0389. The zero-order valence-corrected chi connectivity index (χ0v) is 13.1. The lowest BCUT2D eigenvalue weighted by atomic mass is 10.1. The van der Waals surface area contributed by atoms with Crippen LogP contribution in [-0.4, -0.2) is 32.1 Å². The Morgan fingerprint density at radius 2 is 2.00 bits per heavy atom. The van der Waals surface area contributed by atoms with Gasteiger partial charge in [0.15, 0.2) is 0 Å². The van der Waals surface area contributed by atoms with Gasteiger partial charge in [0, 0.05) is 19.0 Å². The number of nitrogens with one attached hydrogen (secondary N) is 2. The molecule has 118 valence electrons. The number of carbonyl (C=O) groups is 1. The smallest absolute Gasteiger partial charge is 0.303 e. The summed E-state index contributed by atoms with van der Waals surface area (Å²) < 4.78 is 27.0. The molecule has 0 aromatic heterocycles. The van der Waals surface area contributed by atoms with Gasteiger partial charge < -0.3 is 10.4 Å². The van der Waals surface area contributed by atoms with Crippen molar-refractivity contribution in [3.8, 4) is 0 Å². The van der Waals surface area contributed by atoms with Gasteiger partial charge >= 0.3 is 5.97 Å². The molecule has 0 fully saturated rings. The van der Waals surface area contributed by atoms with Crippen LogP contribution in [0.15, 0.2) is 29.2 Å². The molecule has 0 amide bonds. The highest BCUT2D eigenvalue weighted by atomic mass is 32.2. The summed E-state index contributed by atoms with van der Waals surface area (Å²) in [5, 5.41) is 11.7. The molecule has 0 heterocycles. The lowest BCUT2D eigenvalue weighted by molar-refractivity contribution is -0.137. The summed E-state index contributed by atoms with van der Waals surface area (Å²) >= 11 is 0. The van der Waals surface area contributed by atoms with Gasteiger partial charge in [0.1, 0.15) is 4.90 Å². The first-order valence-electron chi connectivity index (χ1n) is 6.94. The third-order valence-electron chi connectivity index (χ3n) is 2.91. The molecule has 1 unspecified atom stereocenters. The Labute approximate surface area is 125 Å². The van der Waals surface area contributed by atoms with E-state index in [-0.39, 0.29) is 17.4 Å². The first-order valence-corrected chi connectivity index (χ1v) is 8.42. The topological polar surface area (TPSA) is 95.5 Å². The molecule has 1 atom stereocenters. The SMILES string of the molecule is CCCNS(=O)(=O)c1ccccc1NC(C)CCC(=O)O. The van der Waals surface area contributed by atoms with Crippen molar-refractivity contribution in [2.45, 2.75) is 44.0 Å². The Kier molecular flexibility index (Phi) is 6.64. The summed E-state index contributed by atoms with van der Waals surface area (Å²) in [6, 6.07) is 6.48. The van der Waals surface area contributed by atoms with E-state index < -0.39 is 16.0 Å². The Balaban J connectivity index is 2.86. The van der Waals surface area contributed by atoms with Crippen molar-refractivity contribution in [2.75, 3.05) is 11.9 Å². The summed E-state index contributed by atoms with van der Waals surface area (Å²) in [6.45, 7) is 4.09. The van der Waals surface area contributed by atoms with Crippen LogP contribution in [0.1, 0.15) is 33.1 Å². The molecule has 0 aliphatic carbocycles. The maximum atomic E-state index is 12.2. The zero-order valence-electron chi connectivity index (χ0n) is 12.3. The predicted molar refractivity (Wildman–Crippen MR) is 81.9 cm³/mol. The van der Waals surface area contributed by atoms with Crippen LogP contribution in [0.3, 0.4) is 0 Å². The van der Waals surface area contributed by atoms with E-state index in [2.05, 4.69) is 10.0 Å². The van der Waals surface area contributed by atoms with Crippen LogP contribution in [0.25, 0.3) is 0 Å². The van der Waals surface area contributed by atoms with Gasteiger partial charge in [-0.2, -0.15) is 0 Å². The number of sulfonamides is 1. The molecular weight excluding hydrogens is 292 g/mol. The number of hydrogen-bond donors (Lipinski definition) is 3. The molecule has 0 saturated heterocycles. The highest BCUT2D eigenvalue weighted by Gasteiger charge is 2.18. The monoisotopic (exact) mass is 314 g/mol. The molecule has 0 saturated carbocycles. The second-order valence-electron chi connectivity index (χ2n) is 4.87. The minimum Gasteiger partial charge on any atom is -0.481 e. The molecule has 1 aromatic rings. The van der Waals surface area contributed by atoms with E-state index in [1.165, 1.54) is 6.07 Å². The van der Waals surface area contributed by atoms with E-state index in [9.17, 15) is 13.2 Å². The summed E-state index contributed by atoms with van der Waals surface area (Å²) in [5.74, 6) is -0.867. The average molecular weight is 314 g/mol. The quantitative estimate of drug-likeness (QED) is 0.648. The summed E-state index contributed by atoms with van der Waals surface area (Å²) in [7, 11) is -3.56. The van der Waals surface area contributed by atoms with Gasteiger partial charge in [-0.05, 0) is 31.9 Å². The molecule has 6 nitrogen and oxygen atoms in total.